The van der Waals surface area contributed by atoms with Gasteiger partial charge >= 0.3 is 0 Å². The van der Waals surface area contributed by atoms with Crippen molar-refractivity contribution in [2.24, 2.45) is 11.5 Å². The van der Waals surface area contributed by atoms with E-state index in [1.54, 1.807) is 0 Å². The zero-order valence-electron chi connectivity index (χ0n) is 17.0. The maximum Gasteiger partial charge on any atom is 0.0167 e. The summed E-state index contributed by atoms with van der Waals surface area (Å²) in [7, 11) is 0. The number of hydrogen-bond acceptors (Lipinski definition) is 4. The van der Waals surface area contributed by atoms with Gasteiger partial charge in [0.1, 0.15) is 0 Å². The third-order valence-electron chi connectivity index (χ3n) is 3.92. The number of allylic oxidation sites excluding steroid dienone is 2. The highest BCUT2D eigenvalue weighted by molar-refractivity contribution is 5.25. The van der Waals surface area contributed by atoms with Crippen LogP contribution in [0.4, 0.5) is 0 Å². The van der Waals surface area contributed by atoms with Gasteiger partial charge in [0, 0.05) is 24.2 Å². The molecule has 0 spiro atoms. The SMILES string of the molecule is CC.CC(C)(N)CCNCC1=CC=C(CNCCC(C)(C)N)CC1. The molecule has 0 aliphatic heterocycles. The van der Waals surface area contributed by atoms with E-state index in [9.17, 15) is 0 Å². The summed E-state index contributed by atoms with van der Waals surface area (Å²) >= 11 is 0. The monoisotopic (exact) mass is 338 g/mol. The standard InChI is InChI=1S/C18H36N4.C2H6/c1-17(2,19)9-11-21-13-15-5-7-16(8-6-15)14-22-12-10-18(3,4)20;1-2/h5,7,21-22H,6,8-14,19-20H2,1-4H3;1-2H3. The van der Waals surface area contributed by atoms with Crippen LogP contribution >= 0.6 is 0 Å². The van der Waals surface area contributed by atoms with Gasteiger partial charge in [-0.25, -0.2) is 0 Å². The van der Waals surface area contributed by atoms with E-state index in [1.807, 2.05) is 13.8 Å². The van der Waals surface area contributed by atoms with Gasteiger partial charge in [0.15, 0.2) is 0 Å². The predicted molar refractivity (Wildman–Crippen MR) is 108 cm³/mol. The molecule has 24 heavy (non-hydrogen) atoms. The average molecular weight is 339 g/mol. The highest BCUT2D eigenvalue weighted by Crippen LogP contribution is 2.17. The summed E-state index contributed by atoms with van der Waals surface area (Å²) in [6.07, 6.45) is 8.87. The van der Waals surface area contributed by atoms with Crippen molar-refractivity contribution < 1.29 is 0 Å². The minimum absolute atomic E-state index is 0.0786. The van der Waals surface area contributed by atoms with Crippen molar-refractivity contribution in [1.82, 2.24) is 10.6 Å². The first-order chi connectivity index (χ1) is 11.2. The number of rotatable bonds is 10. The molecule has 0 aromatic carbocycles. The summed E-state index contributed by atoms with van der Waals surface area (Å²) in [4.78, 5) is 0. The van der Waals surface area contributed by atoms with Crippen LogP contribution in [0, 0.1) is 0 Å². The lowest BCUT2D eigenvalue weighted by Crippen LogP contribution is -2.36. The molecule has 0 saturated heterocycles. The largest absolute Gasteiger partial charge is 0.326 e. The maximum atomic E-state index is 5.98. The van der Waals surface area contributed by atoms with E-state index < -0.39 is 0 Å². The Balaban J connectivity index is 0.00000254. The number of nitrogens with one attached hydrogen (secondary N) is 2. The Kier molecular flexibility index (Phi) is 11.5. The Morgan fingerprint density at radius 3 is 1.38 bits per heavy atom. The fourth-order valence-electron chi connectivity index (χ4n) is 2.34. The summed E-state index contributed by atoms with van der Waals surface area (Å²) in [6, 6.07) is 0. The molecule has 0 bridgehead atoms. The molecule has 1 aliphatic rings. The first-order valence-corrected chi connectivity index (χ1v) is 9.52. The van der Waals surface area contributed by atoms with E-state index in [-0.39, 0.29) is 11.1 Å². The van der Waals surface area contributed by atoms with Crippen molar-refractivity contribution in [3.63, 3.8) is 0 Å². The lowest BCUT2D eigenvalue weighted by atomic mass is 9.97. The van der Waals surface area contributed by atoms with Gasteiger partial charge in [0.05, 0.1) is 0 Å². The lowest BCUT2D eigenvalue weighted by molar-refractivity contribution is 0.458. The van der Waals surface area contributed by atoms with Gasteiger partial charge < -0.3 is 22.1 Å². The molecular formula is C20H42N4. The Morgan fingerprint density at radius 2 is 1.12 bits per heavy atom. The van der Waals surface area contributed by atoms with Crippen LogP contribution in [0.3, 0.4) is 0 Å². The van der Waals surface area contributed by atoms with Crippen molar-refractivity contribution >= 4 is 0 Å². The molecule has 4 nitrogen and oxygen atoms in total. The first kappa shape index (κ1) is 23.3. The van der Waals surface area contributed by atoms with Gasteiger partial charge in [-0.2, -0.15) is 0 Å². The molecule has 142 valence electrons. The van der Waals surface area contributed by atoms with Crippen LogP contribution in [-0.2, 0) is 0 Å². The minimum Gasteiger partial charge on any atom is -0.326 e. The number of nitrogens with two attached hydrogens (primary N) is 2. The second-order valence-electron chi connectivity index (χ2n) is 7.98. The summed E-state index contributed by atoms with van der Waals surface area (Å²) in [5.41, 5.74) is 14.8. The minimum atomic E-state index is -0.0786. The molecule has 0 unspecified atom stereocenters. The van der Waals surface area contributed by atoms with Crippen molar-refractivity contribution in [1.29, 1.82) is 0 Å². The quantitative estimate of drug-likeness (QED) is 0.462. The van der Waals surface area contributed by atoms with Crippen molar-refractivity contribution in [3.8, 4) is 0 Å². The lowest BCUT2D eigenvalue weighted by Gasteiger charge is -2.20. The Hall–Kier alpha value is -0.680. The molecule has 0 saturated carbocycles. The van der Waals surface area contributed by atoms with Gasteiger partial charge in [0.2, 0.25) is 0 Å². The van der Waals surface area contributed by atoms with Crippen molar-refractivity contribution in [2.45, 2.75) is 78.3 Å². The fraction of sp³-hybridized carbons (Fsp3) is 0.800. The summed E-state index contributed by atoms with van der Waals surface area (Å²) < 4.78 is 0. The van der Waals surface area contributed by atoms with Crippen LogP contribution in [-0.4, -0.2) is 37.3 Å². The summed E-state index contributed by atoms with van der Waals surface area (Å²) in [5, 5.41) is 6.98. The highest BCUT2D eigenvalue weighted by atomic mass is 14.9. The van der Waals surface area contributed by atoms with E-state index >= 15 is 0 Å². The zero-order chi connectivity index (χ0) is 18.6. The van der Waals surface area contributed by atoms with Crippen LogP contribution in [0.1, 0.15) is 67.2 Å². The molecule has 0 amide bonds. The molecule has 0 radical (unpaired) electrons. The van der Waals surface area contributed by atoms with Crippen LogP contribution in [0.25, 0.3) is 0 Å². The van der Waals surface area contributed by atoms with E-state index in [0.29, 0.717) is 0 Å². The molecular weight excluding hydrogens is 296 g/mol. The third kappa shape index (κ3) is 13.7. The van der Waals surface area contributed by atoms with Crippen molar-refractivity contribution in [2.75, 3.05) is 26.2 Å². The Labute approximate surface area is 150 Å². The molecule has 4 heteroatoms. The first-order valence-electron chi connectivity index (χ1n) is 9.52. The van der Waals surface area contributed by atoms with Crippen molar-refractivity contribution in [3.05, 3.63) is 23.3 Å². The molecule has 0 aromatic heterocycles. The normalized spacial score (nSPS) is 15.3. The number of hydrogen-bond donors (Lipinski definition) is 4. The molecule has 0 atom stereocenters. The van der Waals surface area contributed by atoms with Crippen LogP contribution < -0.4 is 22.1 Å². The maximum absolute atomic E-state index is 5.98. The fourth-order valence-corrected chi connectivity index (χ4v) is 2.34. The predicted octanol–water partition coefficient (Wildman–Crippen LogP) is 3.09. The summed E-state index contributed by atoms with van der Waals surface area (Å²) in [5.74, 6) is 0. The van der Waals surface area contributed by atoms with E-state index in [1.165, 1.54) is 11.1 Å². The van der Waals surface area contributed by atoms with E-state index in [2.05, 4.69) is 50.5 Å². The second-order valence-corrected chi connectivity index (χ2v) is 7.98. The third-order valence-corrected chi connectivity index (χ3v) is 3.92. The summed E-state index contributed by atoms with van der Waals surface area (Å²) in [6.45, 7) is 16.2. The molecule has 0 aromatic rings. The Morgan fingerprint density at radius 1 is 0.792 bits per heavy atom. The average Bonchev–Trinajstić information content (AvgIpc) is 2.50. The molecule has 0 fully saturated rings. The van der Waals surface area contributed by atoms with Crippen LogP contribution in [0.15, 0.2) is 23.3 Å². The van der Waals surface area contributed by atoms with Gasteiger partial charge in [-0.1, -0.05) is 37.1 Å². The van der Waals surface area contributed by atoms with Crippen LogP contribution in [0.2, 0.25) is 0 Å². The zero-order valence-corrected chi connectivity index (χ0v) is 17.0. The highest BCUT2D eigenvalue weighted by Gasteiger charge is 2.11. The molecule has 6 N–H and O–H groups in total. The van der Waals surface area contributed by atoms with Gasteiger partial charge in [0.25, 0.3) is 0 Å². The van der Waals surface area contributed by atoms with Gasteiger partial charge in [-0.3, -0.25) is 0 Å². The molecule has 0 heterocycles. The van der Waals surface area contributed by atoms with Gasteiger partial charge in [-0.15, -0.1) is 0 Å². The Bertz CT molecular complexity index is 345. The molecule has 1 rings (SSSR count). The second kappa shape index (κ2) is 11.8. The van der Waals surface area contributed by atoms with E-state index in [4.69, 9.17) is 11.5 Å². The topological polar surface area (TPSA) is 76.1 Å². The smallest absolute Gasteiger partial charge is 0.0167 e. The molecule has 1 aliphatic carbocycles. The van der Waals surface area contributed by atoms with Gasteiger partial charge in [-0.05, 0) is 66.5 Å². The van der Waals surface area contributed by atoms with E-state index in [0.717, 1.165) is 51.9 Å². The van der Waals surface area contributed by atoms with Crippen LogP contribution in [0.5, 0.6) is 0 Å².